The van der Waals surface area contributed by atoms with Gasteiger partial charge < -0.3 is 19.5 Å². The van der Waals surface area contributed by atoms with Gasteiger partial charge in [0.1, 0.15) is 18.9 Å². The van der Waals surface area contributed by atoms with E-state index < -0.39 is 22.5 Å². The molecule has 0 aliphatic heterocycles. The number of ether oxygens (including phenoxy) is 3. The van der Waals surface area contributed by atoms with Gasteiger partial charge in [-0.3, -0.25) is 9.10 Å². The normalized spacial score (nSPS) is 11.0. The van der Waals surface area contributed by atoms with Crippen molar-refractivity contribution in [3.63, 3.8) is 0 Å². The van der Waals surface area contributed by atoms with Crippen LogP contribution in [0, 0.1) is 20.8 Å². The Balaban J connectivity index is 1.77. The first-order valence-electron chi connectivity index (χ1n) is 11.4. The third kappa shape index (κ3) is 6.28. The summed E-state index contributed by atoms with van der Waals surface area (Å²) in [5, 5.41) is 2.75. The second-order valence-corrected chi connectivity index (χ2v) is 10.1. The number of nitrogens with zero attached hydrogens (tertiary/aromatic N) is 1. The molecule has 0 aliphatic rings. The number of hydrogen-bond acceptors (Lipinski definition) is 6. The molecule has 0 atom stereocenters. The lowest BCUT2D eigenvalue weighted by Crippen LogP contribution is -2.42. The summed E-state index contributed by atoms with van der Waals surface area (Å²) in [6, 6.07) is 17.0. The first kappa shape index (κ1) is 26.9. The fraction of sp³-hybridized carbons (Fsp3) is 0.296. The average molecular weight is 513 g/mol. The fourth-order valence-electron chi connectivity index (χ4n) is 3.55. The van der Waals surface area contributed by atoms with E-state index in [4.69, 9.17) is 14.2 Å². The minimum absolute atomic E-state index is 0.0215. The third-order valence-corrected chi connectivity index (χ3v) is 7.56. The number of carbonyl (C=O) groups excluding carboxylic acids is 1. The van der Waals surface area contributed by atoms with Crippen molar-refractivity contribution in [3.8, 4) is 17.2 Å². The molecule has 3 rings (SSSR count). The van der Waals surface area contributed by atoms with E-state index in [1.165, 1.54) is 32.4 Å². The van der Waals surface area contributed by atoms with Gasteiger partial charge in [0.25, 0.3) is 10.0 Å². The number of anilines is 1. The largest absolute Gasteiger partial charge is 0.493 e. The van der Waals surface area contributed by atoms with Crippen LogP contribution in [0.3, 0.4) is 0 Å². The highest BCUT2D eigenvalue weighted by molar-refractivity contribution is 7.92. The highest BCUT2D eigenvalue weighted by Crippen LogP contribution is 2.32. The molecule has 0 heterocycles. The van der Waals surface area contributed by atoms with E-state index in [1.54, 1.807) is 24.3 Å². The molecule has 192 valence electrons. The molecule has 0 aliphatic carbocycles. The summed E-state index contributed by atoms with van der Waals surface area (Å²) < 4.78 is 44.6. The van der Waals surface area contributed by atoms with Gasteiger partial charge in [0.2, 0.25) is 5.91 Å². The lowest BCUT2D eigenvalue weighted by atomic mass is 10.1. The maximum atomic E-state index is 13.6. The van der Waals surface area contributed by atoms with E-state index in [0.717, 1.165) is 26.7 Å². The predicted octanol–water partition coefficient (Wildman–Crippen LogP) is 4.02. The minimum Gasteiger partial charge on any atom is -0.493 e. The monoisotopic (exact) mass is 512 g/mol. The zero-order chi connectivity index (χ0) is 26.3. The quantitative estimate of drug-likeness (QED) is 0.390. The summed E-state index contributed by atoms with van der Waals surface area (Å²) in [5.41, 5.74) is 3.49. The predicted molar refractivity (Wildman–Crippen MR) is 140 cm³/mol. The second kappa shape index (κ2) is 11.8. The van der Waals surface area contributed by atoms with Crippen LogP contribution in [0.1, 0.15) is 16.7 Å². The molecular weight excluding hydrogens is 480 g/mol. The van der Waals surface area contributed by atoms with Crippen LogP contribution in [0.25, 0.3) is 0 Å². The molecule has 0 saturated heterocycles. The third-order valence-electron chi connectivity index (χ3n) is 5.79. The summed E-state index contributed by atoms with van der Waals surface area (Å²) in [5.74, 6) is 0.973. The van der Waals surface area contributed by atoms with Gasteiger partial charge in [0, 0.05) is 6.07 Å². The van der Waals surface area contributed by atoms with Crippen molar-refractivity contribution in [1.82, 2.24) is 5.32 Å². The Morgan fingerprint density at radius 3 is 2.25 bits per heavy atom. The number of nitrogens with one attached hydrogen (secondary N) is 1. The van der Waals surface area contributed by atoms with Crippen LogP contribution in [-0.4, -0.2) is 48.2 Å². The Morgan fingerprint density at radius 1 is 0.889 bits per heavy atom. The van der Waals surface area contributed by atoms with Crippen molar-refractivity contribution < 1.29 is 27.4 Å². The minimum atomic E-state index is -4.10. The number of rotatable bonds is 11. The molecule has 8 nitrogen and oxygen atoms in total. The number of hydrogen-bond donors (Lipinski definition) is 1. The summed E-state index contributed by atoms with van der Waals surface area (Å²) in [6.07, 6.45) is 0. The smallest absolute Gasteiger partial charge is 0.264 e. The van der Waals surface area contributed by atoms with Crippen molar-refractivity contribution in [3.05, 3.63) is 77.4 Å². The summed E-state index contributed by atoms with van der Waals surface area (Å²) >= 11 is 0. The number of benzene rings is 3. The van der Waals surface area contributed by atoms with Gasteiger partial charge in [-0.2, -0.15) is 0 Å². The molecule has 0 fully saturated rings. The molecule has 0 spiro atoms. The lowest BCUT2D eigenvalue weighted by Gasteiger charge is -2.24. The van der Waals surface area contributed by atoms with Crippen molar-refractivity contribution in [2.45, 2.75) is 25.7 Å². The van der Waals surface area contributed by atoms with Crippen molar-refractivity contribution in [1.29, 1.82) is 0 Å². The molecule has 0 aromatic heterocycles. The van der Waals surface area contributed by atoms with E-state index in [0.29, 0.717) is 11.4 Å². The van der Waals surface area contributed by atoms with E-state index in [1.807, 2.05) is 39.0 Å². The topological polar surface area (TPSA) is 94.2 Å². The Hall–Kier alpha value is -3.72. The van der Waals surface area contributed by atoms with Crippen LogP contribution in [0.2, 0.25) is 0 Å². The van der Waals surface area contributed by atoms with Gasteiger partial charge in [-0.05, 0) is 62.2 Å². The van der Waals surface area contributed by atoms with Gasteiger partial charge >= 0.3 is 0 Å². The Bertz CT molecular complexity index is 1310. The van der Waals surface area contributed by atoms with Crippen LogP contribution in [0.5, 0.6) is 17.2 Å². The van der Waals surface area contributed by atoms with E-state index >= 15 is 0 Å². The molecule has 0 bridgehead atoms. The number of carbonyl (C=O) groups is 1. The van der Waals surface area contributed by atoms with Gasteiger partial charge in [0.05, 0.1) is 31.3 Å². The fourth-order valence-corrected chi connectivity index (χ4v) is 4.99. The van der Waals surface area contributed by atoms with Crippen LogP contribution < -0.4 is 23.8 Å². The van der Waals surface area contributed by atoms with Crippen LogP contribution in [0.15, 0.2) is 65.6 Å². The van der Waals surface area contributed by atoms with Crippen molar-refractivity contribution >= 4 is 21.6 Å². The summed E-state index contributed by atoms with van der Waals surface area (Å²) in [4.78, 5) is 12.8. The molecule has 3 aromatic rings. The number of aryl methyl sites for hydroxylation is 2. The standard InChI is InChI=1S/C27H32N2O6S/c1-19-9-11-22(12-10-19)29(36(31,32)23-13-14-25(33-4)26(17-23)34-5)18-27(30)28-15-16-35-24-8-6-7-20(2)21(24)3/h6-14,17H,15-16,18H2,1-5H3,(H,28,30). The molecule has 9 heteroatoms. The van der Waals surface area contributed by atoms with E-state index in [2.05, 4.69) is 5.32 Å². The second-order valence-electron chi connectivity index (χ2n) is 8.26. The SMILES string of the molecule is COc1ccc(S(=O)(=O)N(CC(=O)NCCOc2cccc(C)c2C)c2ccc(C)cc2)cc1OC. The molecule has 1 amide bonds. The maximum Gasteiger partial charge on any atom is 0.264 e. The summed E-state index contributed by atoms with van der Waals surface area (Å²) in [6.45, 7) is 5.96. The number of methoxy groups -OCH3 is 2. The van der Waals surface area contributed by atoms with E-state index in [9.17, 15) is 13.2 Å². The molecule has 0 saturated carbocycles. The summed E-state index contributed by atoms with van der Waals surface area (Å²) in [7, 11) is -1.20. The molecular formula is C27H32N2O6S. The zero-order valence-corrected chi connectivity index (χ0v) is 22.0. The molecule has 36 heavy (non-hydrogen) atoms. The van der Waals surface area contributed by atoms with Gasteiger partial charge in [0.15, 0.2) is 11.5 Å². The average Bonchev–Trinajstić information content (AvgIpc) is 2.87. The maximum absolute atomic E-state index is 13.6. The first-order chi connectivity index (χ1) is 17.2. The molecule has 0 radical (unpaired) electrons. The lowest BCUT2D eigenvalue weighted by molar-refractivity contribution is -0.119. The highest BCUT2D eigenvalue weighted by Gasteiger charge is 2.28. The van der Waals surface area contributed by atoms with Gasteiger partial charge in [-0.15, -0.1) is 0 Å². The Morgan fingerprint density at radius 2 is 1.58 bits per heavy atom. The van der Waals surface area contributed by atoms with Crippen LogP contribution in [-0.2, 0) is 14.8 Å². The van der Waals surface area contributed by atoms with Crippen LogP contribution in [0.4, 0.5) is 5.69 Å². The highest BCUT2D eigenvalue weighted by atomic mass is 32.2. The number of sulfonamides is 1. The Kier molecular flexibility index (Phi) is 8.82. The molecule has 3 aromatic carbocycles. The van der Waals surface area contributed by atoms with E-state index in [-0.39, 0.29) is 23.8 Å². The number of amides is 1. The zero-order valence-electron chi connectivity index (χ0n) is 21.2. The van der Waals surface area contributed by atoms with Gasteiger partial charge in [-0.25, -0.2) is 8.42 Å². The Labute approximate surface area is 212 Å². The van der Waals surface area contributed by atoms with Crippen LogP contribution >= 0.6 is 0 Å². The molecule has 1 N–H and O–H groups in total. The van der Waals surface area contributed by atoms with Gasteiger partial charge in [-0.1, -0.05) is 29.8 Å². The van der Waals surface area contributed by atoms with Crippen molar-refractivity contribution in [2.75, 3.05) is 38.2 Å². The van der Waals surface area contributed by atoms with Crippen molar-refractivity contribution in [2.24, 2.45) is 0 Å². The molecule has 0 unspecified atom stereocenters. The first-order valence-corrected chi connectivity index (χ1v) is 12.9.